The molecule has 2 aromatic carbocycles. The molecule has 1 unspecified atom stereocenters. The standard InChI is InChI=1S/C18H15ClN2O3S/c1-10-6-7-15-14(8-10)21(11(2)17(23)24)18(25-15)20-16(22)12-4-3-5-13(19)9-12/h3-9,11H,1-2H3,(H,23,24). The number of halogens is 1. The van der Waals surface area contributed by atoms with Crippen molar-refractivity contribution in [2.75, 3.05) is 0 Å². The van der Waals surface area contributed by atoms with E-state index < -0.39 is 17.9 Å². The smallest absolute Gasteiger partial charge is 0.326 e. The maximum atomic E-state index is 12.5. The van der Waals surface area contributed by atoms with Crippen LogP contribution < -0.4 is 4.80 Å². The summed E-state index contributed by atoms with van der Waals surface area (Å²) in [5, 5.41) is 9.88. The number of aliphatic carboxylic acids is 1. The van der Waals surface area contributed by atoms with E-state index >= 15 is 0 Å². The van der Waals surface area contributed by atoms with Gasteiger partial charge in [-0.1, -0.05) is 35.1 Å². The van der Waals surface area contributed by atoms with Gasteiger partial charge in [0, 0.05) is 10.6 Å². The number of fused-ring (bicyclic) bond motifs is 1. The molecule has 5 nitrogen and oxygen atoms in total. The first-order valence-corrected chi connectivity index (χ1v) is 8.75. The normalized spacial score (nSPS) is 13.2. The van der Waals surface area contributed by atoms with Gasteiger partial charge < -0.3 is 9.67 Å². The Morgan fingerprint density at radius 3 is 2.68 bits per heavy atom. The highest BCUT2D eigenvalue weighted by Crippen LogP contribution is 2.22. The maximum absolute atomic E-state index is 12.5. The van der Waals surface area contributed by atoms with Crippen LogP contribution in [0.25, 0.3) is 10.2 Å². The van der Waals surface area contributed by atoms with Gasteiger partial charge in [-0.15, -0.1) is 0 Å². The molecule has 3 rings (SSSR count). The summed E-state index contributed by atoms with van der Waals surface area (Å²) in [5.74, 6) is -1.45. The minimum absolute atomic E-state index is 0.348. The molecule has 7 heteroatoms. The molecule has 1 atom stereocenters. The van der Waals surface area contributed by atoms with Crippen molar-refractivity contribution >= 4 is 45.0 Å². The lowest BCUT2D eigenvalue weighted by molar-refractivity contribution is -0.140. The zero-order valence-electron chi connectivity index (χ0n) is 13.6. The Bertz CT molecular complexity index is 1050. The highest BCUT2D eigenvalue weighted by atomic mass is 35.5. The number of carboxylic acids is 1. The van der Waals surface area contributed by atoms with Crippen LogP contribution >= 0.6 is 22.9 Å². The van der Waals surface area contributed by atoms with Crippen LogP contribution in [0.15, 0.2) is 47.5 Å². The Balaban J connectivity index is 2.22. The van der Waals surface area contributed by atoms with E-state index in [1.165, 1.54) is 17.4 Å². The molecule has 0 radical (unpaired) electrons. The first kappa shape index (κ1) is 17.4. The number of carbonyl (C=O) groups is 2. The topological polar surface area (TPSA) is 71.7 Å². The van der Waals surface area contributed by atoms with Crippen molar-refractivity contribution in [3.63, 3.8) is 0 Å². The van der Waals surface area contributed by atoms with E-state index in [0.29, 0.717) is 15.4 Å². The number of carbonyl (C=O) groups excluding carboxylic acids is 1. The van der Waals surface area contributed by atoms with Crippen molar-refractivity contribution in [1.29, 1.82) is 0 Å². The Kier molecular flexibility index (Phi) is 4.74. The van der Waals surface area contributed by atoms with E-state index in [9.17, 15) is 14.7 Å². The molecule has 0 aliphatic carbocycles. The summed E-state index contributed by atoms with van der Waals surface area (Å²) >= 11 is 7.21. The zero-order valence-corrected chi connectivity index (χ0v) is 15.1. The summed E-state index contributed by atoms with van der Waals surface area (Å²) in [6, 6.07) is 11.4. The van der Waals surface area contributed by atoms with Crippen LogP contribution in [0.3, 0.4) is 0 Å². The number of thiazole rings is 1. The third-order valence-corrected chi connectivity index (χ3v) is 5.07. The Hall–Kier alpha value is -2.44. The minimum atomic E-state index is -0.988. The SMILES string of the molecule is Cc1ccc2sc(=NC(=O)c3cccc(Cl)c3)n(C(C)C(=O)O)c2c1. The van der Waals surface area contributed by atoms with E-state index in [4.69, 9.17) is 11.6 Å². The minimum Gasteiger partial charge on any atom is -0.480 e. The Morgan fingerprint density at radius 1 is 1.24 bits per heavy atom. The van der Waals surface area contributed by atoms with Crippen LogP contribution in [-0.2, 0) is 4.79 Å². The highest BCUT2D eigenvalue weighted by Gasteiger charge is 2.19. The highest BCUT2D eigenvalue weighted by molar-refractivity contribution is 7.16. The maximum Gasteiger partial charge on any atom is 0.326 e. The van der Waals surface area contributed by atoms with Crippen molar-refractivity contribution < 1.29 is 14.7 Å². The fourth-order valence-corrected chi connectivity index (χ4v) is 3.76. The van der Waals surface area contributed by atoms with Crippen LogP contribution in [0.4, 0.5) is 0 Å². The van der Waals surface area contributed by atoms with Gasteiger partial charge in [-0.2, -0.15) is 4.99 Å². The molecule has 1 aromatic heterocycles. The van der Waals surface area contributed by atoms with E-state index in [2.05, 4.69) is 4.99 Å². The average Bonchev–Trinajstić information content (AvgIpc) is 2.90. The second kappa shape index (κ2) is 6.82. The lowest BCUT2D eigenvalue weighted by Gasteiger charge is -2.10. The molecule has 0 fully saturated rings. The van der Waals surface area contributed by atoms with E-state index in [1.54, 1.807) is 29.7 Å². The molecule has 0 saturated carbocycles. The molecule has 25 heavy (non-hydrogen) atoms. The summed E-state index contributed by atoms with van der Waals surface area (Å²) < 4.78 is 2.45. The molecular weight excluding hydrogens is 360 g/mol. The van der Waals surface area contributed by atoms with Crippen LogP contribution in [0, 0.1) is 6.92 Å². The largest absolute Gasteiger partial charge is 0.480 e. The molecule has 1 amide bonds. The molecule has 0 aliphatic heterocycles. The zero-order chi connectivity index (χ0) is 18.1. The van der Waals surface area contributed by atoms with Crippen molar-refractivity contribution in [2.24, 2.45) is 4.99 Å². The van der Waals surface area contributed by atoms with Gasteiger partial charge in [-0.3, -0.25) is 4.79 Å². The number of nitrogens with zero attached hydrogens (tertiary/aromatic N) is 2. The average molecular weight is 375 g/mol. The number of hydrogen-bond donors (Lipinski definition) is 1. The van der Waals surface area contributed by atoms with Gasteiger partial charge in [-0.05, 0) is 49.7 Å². The first-order chi connectivity index (χ1) is 11.9. The van der Waals surface area contributed by atoms with E-state index in [-0.39, 0.29) is 0 Å². The molecule has 0 spiro atoms. The molecule has 0 saturated heterocycles. The number of aryl methyl sites for hydroxylation is 1. The fourth-order valence-electron chi connectivity index (χ4n) is 2.49. The second-order valence-electron chi connectivity index (χ2n) is 5.67. The second-order valence-corrected chi connectivity index (χ2v) is 7.11. The van der Waals surface area contributed by atoms with Gasteiger partial charge in [0.15, 0.2) is 4.80 Å². The van der Waals surface area contributed by atoms with Crippen molar-refractivity contribution in [3.8, 4) is 0 Å². The molecule has 3 aromatic rings. The predicted octanol–water partition coefficient (Wildman–Crippen LogP) is 4.05. The molecule has 128 valence electrons. The Morgan fingerprint density at radius 2 is 2.00 bits per heavy atom. The summed E-state index contributed by atoms with van der Waals surface area (Å²) in [6.07, 6.45) is 0. The van der Waals surface area contributed by atoms with E-state index in [0.717, 1.165) is 15.8 Å². The monoisotopic (exact) mass is 374 g/mol. The van der Waals surface area contributed by atoms with Gasteiger partial charge >= 0.3 is 5.97 Å². The van der Waals surface area contributed by atoms with Crippen molar-refractivity contribution in [1.82, 2.24) is 4.57 Å². The molecule has 0 aliphatic rings. The van der Waals surface area contributed by atoms with Gasteiger partial charge in [-0.25, -0.2) is 4.79 Å². The molecular formula is C18H15ClN2O3S. The van der Waals surface area contributed by atoms with Gasteiger partial charge in [0.05, 0.1) is 10.2 Å². The number of rotatable bonds is 3. The van der Waals surface area contributed by atoms with E-state index in [1.807, 2.05) is 25.1 Å². The summed E-state index contributed by atoms with van der Waals surface area (Å²) in [4.78, 5) is 28.5. The van der Waals surface area contributed by atoms with Crippen LogP contribution in [0.1, 0.15) is 28.9 Å². The summed E-state index contributed by atoms with van der Waals surface area (Å²) in [5.41, 5.74) is 2.11. The number of carboxylic acid groups (broad SMARTS) is 1. The third-order valence-electron chi connectivity index (χ3n) is 3.79. The Labute approximate surface area is 152 Å². The number of hydrogen-bond acceptors (Lipinski definition) is 3. The van der Waals surface area contributed by atoms with Gasteiger partial charge in [0.1, 0.15) is 6.04 Å². The van der Waals surface area contributed by atoms with Crippen LogP contribution in [-0.4, -0.2) is 21.6 Å². The number of amides is 1. The van der Waals surface area contributed by atoms with Gasteiger partial charge in [0.25, 0.3) is 5.91 Å². The molecule has 1 heterocycles. The summed E-state index contributed by atoms with van der Waals surface area (Å²) in [6.45, 7) is 3.50. The van der Waals surface area contributed by atoms with Crippen molar-refractivity contribution in [3.05, 3.63) is 63.4 Å². The van der Waals surface area contributed by atoms with Crippen LogP contribution in [0.2, 0.25) is 5.02 Å². The predicted molar refractivity (Wildman–Crippen MR) is 98.2 cm³/mol. The first-order valence-electron chi connectivity index (χ1n) is 7.56. The lowest BCUT2D eigenvalue weighted by atomic mass is 10.2. The molecule has 0 bridgehead atoms. The summed E-state index contributed by atoms with van der Waals surface area (Å²) in [7, 11) is 0. The van der Waals surface area contributed by atoms with Crippen LogP contribution in [0.5, 0.6) is 0 Å². The van der Waals surface area contributed by atoms with Crippen molar-refractivity contribution in [2.45, 2.75) is 19.9 Å². The van der Waals surface area contributed by atoms with Gasteiger partial charge in [0.2, 0.25) is 0 Å². The number of aromatic nitrogens is 1. The lowest BCUT2D eigenvalue weighted by Crippen LogP contribution is -2.25. The molecule has 1 N–H and O–H groups in total. The third kappa shape index (κ3) is 3.50. The number of benzene rings is 2. The quantitative estimate of drug-likeness (QED) is 0.751. The fraction of sp³-hybridized carbons (Fsp3) is 0.167.